The number of benzene rings is 2. The fourth-order valence-corrected chi connectivity index (χ4v) is 3.32. The zero-order chi connectivity index (χ0) is 18.6. The highest BCUT2D eigenvalue weighted by Crippen LogP contribution is 2.22. The van der Waals surface area contributed by atoms with Crippen LogP contribution in [0.15, 0.2) is 66.9 Å². The molecule has 1 amide bonds. The molecule has 0 radical (unpaired) electrons. The summed E-state index contributed by atoms with van der Waals surface area (Å²) in [6, 6.07) is 20.0. The summed E-state index contributed by atoms with van der Waals surface area (Å²) in [7, 11) is 1.57. The Labute approximate surface area is 158 Å². The van der Waals surface area contributed by atoms with E-state index >= 15 is 0 Å². The Kier molecular flexibility index (Phi) is 4.78. The summed E-state index contributed by atoms with van der Waals surface area (Å²) in [5.74, 6) is 0.406. The lowest BCUT2D eigenvalue weighted by atomic mass is 10.2. The van der Waals surface area contributed by atoms with Crippen LogP contribution in [0.4, 0.5) is 5.69 Å². The van der Waals surface area contributed by atoms with Crippen molar-refractivity contribution in [2.24, 2.45) is 0 Å². The standard InChI is InChI=1S/C21H22N4O2/c1-27-19-16-25(18-10-6-3-7-11-18)22-20(19)21(26)24-14-12-23(13-15-24)17-8-4-2-5-9-17/h2-11,16H,12-15H2,1H3. The van der Waals surface area contributed by atoms with Crippen LogP contribution in [-0.4, -0.2) is 53.9 Å². The third kappa shape index (κ3) is 3.51. The van der Waals surface area contributed by atoms with Crippen molar-refractivity contribution in [2.45, 2.75) is 0 Å². The Hall–Kier alpha value is -3.28. The zero-order valence-electron chi connectivity index (χ0n) is 15.3. The van der Waals surface area contributed by atoms with Gasteiger partial charge < -0.3 is 14.5 Å². The average molecular weight is 362 g/mol. The van der Waals surface area contributed by atoms with Crippen LogP contribution in [0.1, 0.15) is 10.5 Å². The second-order valence-electron chi connectivity index (χ2n) is 6.44. The largest absolute Gasteiger partial charge is 0.493 e. The van der Waals surface area contributed by atoms with Crippen LogP contribution in [0.5, 0.6) is 5.75 Å². The number of carbonyl (C=O) groups is 1. The Bertz CT molecular complexity index is 900. The quantitative estimate of drug-likeness (QED) is 0.716. The topological polar surface area (TPSA) is 50.6 Å². The Balaban J connectivity index is 1.49. The van der Waals surface area contributed by atoms with Crippen molar-refractivity contribution in [3.8, 4) is 11.4 Å². The van der Waals surface area contributed by atoms with Gasteiger partial charge in [-0.2, -0.15) is 5.10 Å². The number of para-hydroxylation sites is 2. The predicted molar refractivity (Wildman–Crippen MR) is 105 cm³/mol. The highest BCUT2D eigenvalue weighted by Gasteiger charge is 2.27. The number of aromatic nitrogens is 2. The molecule has 1 aliphatic heterocycles. The molecule has 1 saturated heterocycles. The first kappa shape index (κ1) is 17.1. The summed E-state index contributed by atoms with van der Waals surface area (Å²) in [4.78, 5) is 17.2. The van der Waals surface area contributed by atoms with E-state index in [9.17, 15) is 4.79 Å². The van der Waals surface area contributed by atoms with Gasteiger partial charge >= 0.3 is 0 Å². The zero-order valence-corrected chi connectivity index (χ0v) is 15.3. The normalized spacial score (nSPS) is 14.3. The van der Waals surface area contributed by atoms with E-state index in [-0.39, 0.29) is 5.91 Å². The van der Waals surface area contributed by atoms with E-state index in [1.807, 2.05) is 53.4 Å². The van der Waals surface area contributed by atoms with Gasteiger partial charge in [-0.25, -0.2) is 4.68 Å². The molecule has 1 aromatic heterocycles. The van der Waals surface area contributed by atoms with E-state index in [4.69, 9.17) is 4.74 Å². The number of hydrogen-bond acceptors (Lipinski definition) is 4. The van der Waals surface area contributed by atoms with Gasteiger partial charge in [0.05, 0.1) is 19.0 Å². The van der Waals surface area contributed by atoms with E-state index in [0.717, 1.165) is 18.8 Å². The van der Waals surface area contributed by atoms with E-state index in [1.54, 1.807) is 18.0 Å². The SMILES string of the molecule is COc1cn(-c2ccccc2)nc1C(=O)N1CCN(c2ccccc2)CC1. The van der Waals surface area contributed by atoms with Gasteiger partial charge in [-0.15, -0.1) is 0 Å². The molecule has 6 nitrogen and oxygen atoms in total. The van der Waals surface area contributed by atoms with E-state index in [0.29, 0.717) is 24.5 Å². The van der Waals surface area contributed by atoms with Gasteiger partial charge in [-0.05, 0) is 24.3 Å². The molecule has 0 atom stereocenters. The summed E-state index contributed by atoms with van der Waals surface area (Å²) in [6.45, 7) is 2.93. The number of nitrogens with zero attached hydrogens (tertiary/aromatic N) is 4. The molecule has 0 aliphatic carbocycles. The lowest BCUT2D eigenvalue weighted by Crippen LogP contribution is -2.49. The van der Waals surface area contributed by atoms with Gasteiger partial charge in [-0.1, -0.05) is 36.4 Å². The molecule has 0 N–H and O–H groups in total. The monoisotopic (exact) mass is 362 g/mol. The van der Waals surface area contributed by atoms with E-state index in [2.05, 4.69) is 22.1 Å². The van der Waals surface area contributed by atoms with E-state index in [1.165, 1.54) is 5.69 Å². The van der Waals surface area contributed by atoms with E-state index < -0.39 is 0 Å². The number of amides is 1. The number of carbonyl (C=O) groups excluding carboxylic acids is 1. The van der Waals surface area contributed by atoms with Crippen molar-refractivity contribution < 1.29 is 9.53 Å². The maximum absolute atomic E-state index is 13.0. The number of piperazine rings is 1. The molecule has 2 heterocycles. The molecular weight excluding hydrogens is 340 g/mol. The first-order chi connectivity index (χ1) is 13.3. The second kappa shape index (κ2) is 7.53. The summed E-state index contributed by atoms with van der Waals surface area (Å²) in [6.07, 6.45) is 1.75. The third-order valence-electron chi connectivity index (χ3n) is 4.81. The number of methoxy groups -OCH3 is 1. The molecule has 27 heavy (non-hydrogen) atoms. The molecule has 1 fully saturated rings. The number of ether oxygens (including phenoxy) is 1. The summed E-state index contributed by atoms with van der Waals surface area (Å²) >= 11 is 0. The predicted octanol–water partition coefficient (Wildman–Crippen LogP) is 2.84. The summed E-state index contributed by atoms with van der Waals surface area (Å²) < 4.78 is 7.10. The number of anilines is 1. The van der Waals surface area contributed by atoms with Crippen molar-refractivity contribution in [3.63, 3.8) is 0 Å². The van der Waals surface area contributed by atoms with Crippen LogP contribution >= 0.6 is 0 Å². The summed E-state index contributed by atoms with van der Waals surface area (Å²) in [5.41, 5.74) is 2.44. The van der Waals surface area contributed by atoms with Crippen molar-refractivity contribution in [3.05, 3.63) is 72.6 Å². The van der Waals surface area contributed by atoms with Gasteiger partial charge in [0.1, 0.15) is 0 Å². The lowest BCUT2D eigenvalue weighted by molar-refractivity contribution is 0.0737. The minimum atomic E-state index is -0.0887. The van der Waals surface area contributed by atoms with Crippen molar-refractivity contribution in [1.82, 2.24) is 14.7 Å². The fraction of sp³-hybridized carbons (Fsp3) is 0.238. The fourth-order valence-electron chi connectivity index (χ4n) is 3.32. The molecule has 2 aromatic carbocycles. The first-order valence-corrected chi connectivity index (χ1v) is 9.04. The molecule has 0 saturated carbocycles. The molecule has 0 unspecified atom stereocenters. The Morgan fingerprint density at radius 1 is 0.889 bits per heavy atom. The Morgan fingerprint density at radius 3 is 2.07 bits per heavy atom. The van der Waals surface area contributed by atoms with Gasteiger partial charge in [0.25, 0.3) is 5.91 Å². The minimum Gasteiger partial charge on any atom is -0.493 e. The van der Waals surface area contributed by atoms with Crippen LogP contribution in [0.2, 0.25) is 0 Å². The molecule has 6 heteroatoms. The number of hydrogen-bond donors (Lipinski definition) is 0. The van der Waals surface area contributed by atoms with Gasteiger partial charge in [0, 0.05) is 31.9 Å². The average Bonchev–Trinajstić information content (AvgIpc) is 3.19. The highest BCUT2D eigenvalue weighted by molar-refractivity contribution is 5.95. The minimum absolute atomic E-state index is 0.0887. The molecular formula is C21H22N4O2. The van der Waals surface area contributed by atoms with Crippen molar-refractivity contribution >= 4 is 11.6 Å². The smallest absolute Gasteiger partial charge is 0.278 e. The molecule has 0 bridgehead atoms. The molecule has 3 aromatic rings. The van der Waals surface area contributed by atoms with Gasteiger partial charge in [0.15, 0.2) is 11.4 Å². The number of rotatable bonds is 4. The second-order valence-corrected chi connectivity index (χ2v) is 6.44. The maximum Gasteiger partial charge on any atom is 0.278 e. The molecule has 4 rings (SSSR count). The van der Waals surface area contributed by atoms with Crippen LogP contribution < -0.4 is 9.64 Å². The highest BCUT2D eigenvalue weighted by atomic mass is 16.5. The third-order valence-corrected chi connectivity index (χ3v) is 4.81. The summed E-state index contributed by atoms with van der Waals surface area (Å²) in [5, 5.41) is 4.49. The van der Waals surface area contributed by atoms with Crippen molar-refractivity contribution in [2.75, 3.05) is 38.2 Å². The molecule has 0 spiro atoms. The van der Waals surface area contributed by atoms with Crippen molar-refractivity contribution in [1.29, 1.82) is 0 Å². The molecule has 1 aliphatic rings. The first-order valence-electron chi connectivity index (χ1n) is 9.04. The van der Waals surface area contributed by atoms with Gasteiger partial charge in [-0.3, -0.25) is 4.79 Å². The Morgan fingerprint density at radius 2 is 1.48 bits per heavy atom. The van der Waals surface area contributed by atoms with Crippen LogP contribution in [0.3, 0.4) is 0 Å². The van der Waals surface area contributed by atoms with Crippen LogP contribution in [0, 0.1) is 0 Å². The lowest BCUT2D eigenvalue weighted by Gasteiger charge is -2.35. The van der Waals surface area contributed by atoms with Crippen LogP contribution in [0.25, 0.3) is 5.69 Å². The van der Waals surface area contributed by atoms with Crippen LogP contribution in [-0.2, 0) is 0 Å². The molecule has 138 valence electrons. The van der Waals surface area contributed by atoms with Gasteiger partial charge in [0.2, 0.25) is 0 Å². The maximum atomic E-state index is 13.0.